The van der Waals surface area contributed by atoms with Gasteiger partial charge in [-0.25, -0.2) is 16.8 Å². The molecule has 10 rings (SSSR count). The second-order valence-corrected chi connectivity index (χ2v) is 23.1. The van der Waals surface area contributed by atoms with Crippen molar-refractivity contribution in [2.24, 2.45) is 0 Å². The normalized spacial score (nSPS) is 17.9. The minimum Gasteiger partial charge on any atom is -0.415 e. The second kappa shape index (κ2) is 22.4. The number of sulfonamides is 2. The zero-order valence-electron chi connectivity index (χ0n) is 38.7. The van der Waals surface area contributed by atoms with Crippen LogP contribution in [0.15, 0.2) is 94.0 Å². The van der Waals surface area contributed by atoms with Crippen molar-refractivity contribution in [2.45, 2.75) is 93.5 Å². The summed E-state index contributed by atoms with van der Waals surface area (Å²) in [6, 6.07) is 20.9. The average molecular weight is 1080 g/mol. The molecule has 0 bridgehead atoms. The van der Waals surface area contributed by atoms with Crippen molar-refractivity contribution in [1.29, 1.82) is 0 Å². The molecule has 7 heterocycles. The van der Waals surface area contributed by atoms with E-state index in [9.17, 15) is 34.4 Å². The van der Waals surface area contributed by atoms with Crippen LogP contribution >= 0.6 is 23.2 Å². The van der Waals surface area contributed by atoms with Gasteiger partial charge in [-0.2, -0.15) is 17.6 Å². The smallest absolute Gasteiger partial charge is 0.314 e. The number of hydrogen-bond acceptors (Lipinski definition) is 15. The van der Waals surface area contributed by atoms with Crippen LogP contribution in [0.5, 0.6) is 0 Å². The first-order chi connectivity index (χ1) is 34.6. The van der Waals surface area contributed by atoms with Crippen LogP contribution in [-0.4, -0.2) is 119 Å². The largest absolute Gasteiger partial charge is 0.415 e. The fourth-order valence-electron chi connectivity index (χ4n) is 9.10. The van der Waals surface area contributed by atoms with E-state index in [0.29, 0.717) is 81.7 Å². The van der Waals surface area contributed by atoms with Gasteiger partial charge in [0.25, 0.3) is 11.8 Å². The van der Waals surface area contributed by atoms with Crippen LogP contribution < -0.4 is 13.9 Å². The first-order valence-electron chi connectivity index (χ1n) is 23.5. The summed E-state index contributed by atoms with van der Waals surface area (Å²) in [5.41, 5.74) is 2.58. The highest BCUT2D eigenvalue weighted by atomic mass is 35.5. The summed E-state index contributed by atoms with van der Waals surface area (Å²) in [6.07, 6.45) is 2.95. The Balaban J connectivity index is 0.000000178. The number of pyridine rings is 2. The molecule has 3 saturated heterocycles. The maximum Gasteiger partial charge on any atom is 0.314 e. The van der Waals surface area contributed by atoms with E-state index in [2.05, 4.69) is 45.5 Å². The maximum atomic E-state index is 13.8. The van der Waals surface area contributed by atoms with Gasteiger partial charge in [0.05, 0.1) is 57.5 Å². The van der Waals surface area contributed by atoms with E-state index in [1.807, 2.05) is 0 Å². The molecule has 2 aromatic carbocycles. The molecule has 0 spiro atoms. The molecule has 72 heavy (non-hydrogen) atoms. The Hall–Kier alpha value is -5.30. The predicted molar refractivity (Wildman–Crippen MR) is 262 cm³/mol. The molecule has 4 aromatic heterocycles. The van der Waals surface area contributed by atoms with E-state index < -0.39 is 55.2 Å². The lowest BCUT2D eigenvalue weighted by Crippen LogP contribution is -2.59. The Labute approximate surface area is 424 Å². The Morgan fingerprint density at radius 1 is 0.597 bits per heavy atom. The molecule has 25 heteroatoms. The lowest BCUT2D eigenvalue weighted by Gasteiger charge is -2.42. The van der Waals surface area contributed by atoms with Crippen LogP contribution in [0.3, 0.4) is 0 Å². The van der Waals surface area contributed by atoms with Crippen LogP contribution in [0.1, 0.15) is 81.0 Å². The first-order valence-corrected chi connectivity index (χ1v) is 27.3. The van der Waals surface area contributed by atoms with Crippen molar-refractivity contribution in [3.63, 3.8) is 0 Å². The molecule has 17 nitrogen and oxygen atoms in total. The standard InChI is InChI=1S/C24H26ClF2N5O3S.C23H25ClF2N6O3S/c25-17-3-1-6-20(13-17)32(36(33,34)21-9-11-31(12-10-21)19-4-2-5-19)15-18-8-7-16(14-28-18)23-29-30-24(35-23)22(26)27;24-16-2-1-3-18(10-16)32(36(33,34)20-6-8-31(9-7-20)19-12-27-13-19)14-17-5-4-15(11-28-17)22-29-30-23(35-22)21(25)26/h1,3,6-8,13-14,19,21-22H,2,4-5,9-12,15H2;1-5,10-11,19-21,27H,6-9,12-14H2. The number of benzene rings is 2. The van der Waals surface area contributed by atoms with Gasteiger partial charge >= 0.3 is 12.9 Å². The fourth-order valence-corrected chi connectivity index (χ4v) is 13.2. The van der Waals surface area contributed by atoms with Crippen molar-refractivity contribution < 1.29 is 43.2 Å². The van der Waals surface area contributed by atoms with E-state index in [1.54, 1.807) is 72.8 Å². The van der Waals surface area contributed by atoms with E-state index in [-0.39, 0.29) is 24.9 Å². The van der Waals surface area contributed by atoms with Gasteiger partial charge in [-0.05, 0) is 125 Å². The van der Waals surface area contributed by atoms with Gasteiger partial charge in [0.2, 0.25) is 31.8 Å². The van der Waals surface area contributed by atoms with E-state index in [1.165, 1.54) is 40.3 Å². The Bertz CT molecular complexity index is 2790. The van der Waals surface area contributed by atoms with Gasteiger partial charge in [-0.15, -0.1) is 20.4 Å². The molecule has 0 unspecified atom stereocenters. The molecule has 6 aromatic rings. The molecule has 0 atom stereocenters. The minimum atomic E-state index is -3.73. The van der Waals surface area contributed by atoms with Crippen molar-refractivity contribution in [1.82, 2.24) is 45.5 Å². The number of nitrogens with zero attached hydrogens (tertiary/aromatic N) is 10. The number of likely N-dealkylation sites (tertiary alicyclic amines) is 2. The van der Waals surface area contributed by atoms with E-state index >= 15 is 0 Å². The highest BCUT2D eigenvalue weighted by Gasteiger charge is 2.39. The highest BCUT2D eigenvalue weighted by molar-refractivity contribution is 7.93. The van der Waals surface area contributed by atoms with Crippen LogP contribution in [0.4, 0.5) is 28.9 Å². The number of nitrogens with one attached hydrogen (secondary N) is 1. The molecule has 0 amide bonds. The summed E-state index contributed by atoms with van der Waals surface area (Å²) in [7, 11) is -7.44. The van der Waals surface area contributed by atoms with E-state index in [0.717, 1.165) is 39.3 Å². The molecule has 0 radical (unpaired) electrons. The zero-order chi connectivity index (χ0) is 50.6. The van der Waals surface area contributed by atoms with Crippen molar-refractivity contribution in [3.05, 3.63) is 118 Å². The average Bonchev–Trinajstić information content (AvgIpc) is 4.05. The Morgan fingerprint density at radius 3 is 1.35 bits per heavy atom. The number of halogens is 6. The number of hydrogen-bond donors (Lipinski definition) is 1. The first kappa shape index (κ1) is 51.6. The van der Waals surface area contributed by atoms with Gasteiger partial charge in [0.15, 0.2) is 0 Å². The number of rotatable bonds is 16. The topological polar surface area (TPSA) is 197 Å². The molecule has 3 aliphatic heterocycles. The molecular weight excluding hydrogens is 1030 g/mol. The molecule has 4 aliphatic rings. The second-order valence-electron chi connectivity index (χ2n) is 18.0. The summed E-state index contributed by atoms with van der Waals surface area (Å²) in [6.45, 7) is 4.89. The molecule has 4 fully saturated rings. The lowest BCUT2D eigenvalue weighted by atomic mass is 9.90. The monoisotopic (exact) mass is 1080 g/mol. The number of alkyl halides is 4. The molecule has 1 aliphatic carbocycles. The summed E-state index contributed by atoms with van der Waals surface area (Å²) < 4.78 is 119. The third kappa shape index (κ3) is 11.9. The quantitative estimate of drug-likeness (QED) is 0.0904. The highest BCUT2D eigenvalue weighted by Crippen LogP contribution is 2.35. The van der Waals surface area contributed by atoms with Crippen molar-refractivity contribution in [2.75, 3.05) is 47.9 Å². The Kier molecular flexibility index (Phi) is 16.1. The van der Waals surface area contributed by atoms with Crippen molar-refractivity contribution in [3.8, 4) is 22.9 Å². The van der Waals surface area contributed by atoms with Gasteiger partial charge in [0, 0.05) is 47.6 Å². The molecular formula is C47H51Cl2F4N11O6S2. The maximum absolute atomic E-state index is 13.8. The third-order valence-electron chi connectivity index (χ3n) is 13.5. The van der Waals surface area contributed by atoms with E-state index in [4.69, 9.17) is 32.0 Å². The van der Waals surface area contributed by atoms with Gasteiger partial charge in [0.1, 0.15) is 0 Å². The van der Waals surface area contributed by atoms with Crippen LogP contribution in [-0.2, 0) is 33.1 Å². The molecule has 1 saturated carbocycles. The Morgan fingerprint density at radius 2 is 1.03 bits per heavy atom. The van der Waals surface area contributed by atoms with Crippen LogP contribution in [0.2, 0.25) is 10.0 Å². The lowest BCUT2D eigenvalue weighted by molar-refractivity contribution is 0.106. The number of aromatic nitrogens is 6. The summed E-state index contributed by atoms with van der Waals surface area (Å²) in [5, 5.41) is 17.0. The fraction of sp³-hybridized carbons (Fsp3) is 0.447. The summed E-state index contributed by atoms with van der Waals surface area (Å²) >= 11 is 12.4. The van der Waals surface area contributed by atoms with Crippen molar-refractivity contribution >= 4 is 54.6 Å². The molecule has 1 N–H and O–H groups in total. The summed E-state index contributed by atoms with van der Waals surface area (Å²) in [4.78, 5) is 13.5. The van der Waals surface area contributed by atoms with Crippen LogP contribution in [0.25, 0.3) is 22.9 Å². The molecule has 384 valence electrons. The van der Waals surface area contributed by atoms with Gasteiger partial charge in [-0.1, -0.05) is 41.8 Å². The van der Waals surface area contributed by atoms with Gasteiger partial charge < -0.3 is 19.1 Å². The number of piperidine rings is 2. The summed E-state index contributed by atoms with van der Waals surface area (Å²) in [5.74, 6) is -1.71. The minimum absolute atomic E-state index is 0.00207. The predicted octanol–water partition coefficient (Wildman–Crippen LogP) is 8.57. The van der Waals surface area contributed by atoms with Crippen LogP contribution in [0, 0.1) is 0 Å². The number of anilines is 2. The SMILES string of the molecule is O=S(=O)(C1CCN(C2CCC2)CC1)N(Cc1ccc(-c2nnc(C(F)F)o2)cn1)c1cccc(Cl)c1.O=S(=O)(C1CCN(C2CNC2)CC1)N(Cc1ccc(-c2nnc(C(F)F)o2)cn1)c1cccc(Cl)c1. The third-order valence-corrected chi connectivity index (χ3v) is 18.5. The zero-order valence-corrected chi connectivity index (χ0v) is 41.8. The van der Waals surface area contributed by atoms with Gasteiger partial charge in [-0.3, -0.25) is 23.5 Å².